The average Bonchev–Trinajstić information content (AvgIpc) is 2.96. The van der Waals surface area contributed by atoms with Crippen molar-refractivity contribution in [3.8, 4) is 0 Å². The highest BCUT2D eigenvalue weighted by molar-refractivity contribution is 8.07. The maximum absolute atomic E-state index is 12.6. The molecule has 1 heterocycles. The quantitative estimate of drug-likeness (QED) is 0.866. The van der Waals surface area contributed by atoms with Gasteiger partial charge < -0.3 is 10.0 Å². The Morgan fingerprint density at radius 1 is 1.32 bits per heavy atom. The number of benzene rings is 1. The molecule has 2 aliphatic rings. The molecular formula is C17H17NO3S. The lowest BCUT2D eigenvalue weighted by molar-refractivity contribution is -0.137. The Kier molecular flexibility index (Phi) is 3.83. The second-order valence-corrected chi connectivity index (χ2v) is 6.69. The van der Waals surface area contributed by atoms with Crippen LogP contribution in [0.4, 0.5) is 0 Å². The minimum Gasteiger partial charge on any atom is -0.481 e. The Bertz CT molecular complexity index is 733. The van der Waals surface area contributed by atoms with Crippen molar-refractivity contribution in [2.75, 3.05) is 6.54 Å². The number of Topliss-reactive ketones (excluding diaryl/α,β-unsaturated/α-hetero) is 1. The molecule has 114 valence electrons. The zero-order chi connectivity index (χ0) is 15.9. The highest BCUT2D eigenvalue weighted by Gasteiger charge is 2.33. The van der Waals surface area contributed by atoms with Crippen molar-refractivity contribution < 1.29 is 14.7 Å². The third-order valence-corrected chi connectivity index (χ3v) is 5.38. The fourth-order valence-electron chi connectivity index (χ4n) is 2.82. The number of thioether (sulfide) groups is 1. The first-order valence-electron chi connectivity index (χ1n) is 7.19. The number of ketones is 1. The van der Waals surface area contributed by atoms with Crippen LogP contribution in [0.25, 0.3) is 0 Å². The van der Waals surface area contributed by atoms with Crippen LogP contribution in [0.5, 0.6) is 0 Å². The Labute approximate surface area is 133 Å². The lowest BCUT2D eigenvalue weighted by Gasteiger charge is -2.22. The van der Waals surface area contributed by atoms with Crippen molar-refractivity contribution in [3.63, 3.8) is 0 Å². The Balaban J connectivity index is 1.97. The molecule has 0 unspecified atom stereocenters. The number of carboxylic acid groups (broad SMARTS) is 1. The summed E-state index contributed by atoms with van der Waals surface area (Å²) in [4.78, 5) is 26.6. The van der Waals surface area contributed by atoms with E-state index >= 15 is 0 Å². The summed E-state index contributed by atoms with van der Waals surface area (Å²) in [5.41, 5.74) is 3.65. The van der Waals surface area contributed by atoms with E-state index in [1.54, 1.807) is 11.8 Å². The summed E-state index contributed by atoms with van der Waals surface area (Å²) < 4.78 is 0. The van der Waals surface area contributed by atoms with Crippen molar-refractivity contribution in [2.24, 2.45) is 0 Å². The molecule has 22 heavy (non-hydrogen) atoms. The number of allylic oxidation sites excluding steroid dienone is 3. The molecule has 0 aromatic heterocycles. The number of fused-ring (bicyclic) bond motifs is 1. The molecule has 0 bridgehead atoms. The number of rotatable bonds is 3. The van der Waals surface area contributed by atoms with Gasteiger partial charge in [-0.2, -0.15) is 0 Å². The SMILES string of the molecule is CC1=C(C)N(CCC(=O)O)C(=C2Cc3ccccc3C2=O)S1. The molecule has 3 rings (SSSR count). The Morgan fingerprint density at radius 2 is 2.05 bits per heavy atom. The Morgan fingerprint density at radius 3 is 2.73 bits per heavy atom. The second-order valence-electron chi connectivity index (χ2n) is 5.49. The van der Waals surface area contributed by atoms with E-state index in [9.17, 15) is 9.59 Å². The summed E-state index contributed by atoms with van der Waals surface area (Å²) in [6.45, 7) is 4.38. The third kappa shape index (κ3) is 2.46. The molecule has 1 aromatic rings. The minimum atomic E-state index is -0.826. The van der Waals surface area contributed by atoms with Gasteiger partial charge in [0.05, 0.1) is 11.4 Å². The number of carbonyl (C=O) groups is 2. The van der Waals surface area contributed by atoms with Gasteiger partial charge in [-0.05, 0) is 19.4 Å². The highest BCUT2D eigenvalue weighted by atomic mass is 32.2. The molecule has 0 amide bonds. The molecule has 1 N–H and O–H groups in total. The zero-order valence-electron chi connectivity index (χ0n) is 12.5. The van der Waals surface area contributed by atoms with Crippen LogP contribution < -0.4 is 0 Å². The summed E-state index contributed by atoms with van der Waals surface area (Å²) in [6.07, 6.45) is 0.685. The first kappa shape index (κ1) is 14.9. The molecule has 0 radical (unpaired) electrons. The van der Waals surface area contributed by atoms with Crippen molar-refractivity contribution in [1.29, 1.82) is 0 Å². The number of aliphatic carboxylic acids is 1. The predicted molar refractivity (Wildman–Crippen MR) is 86.4 cm³/mol. The lowest BCUT2D eigenvalue weighted by Crippen LogP contribution is -2.22. The highest BCUT2D eigenvalue weighted by Crippen LogP contribution is 2.45. The first-order valence-corrected chi connectivity index (χ1v) is 8.01. The fourth-order valence-corrected chi connectivity index (χ4v) is 3.99. The van der Waals surface area contributed by atoms with E-state index in [0.717, 1.165) is 32.3 Å². The number of carbonyl (C=O) groups excluding carboxylic acids is 1. The molecule has 0 atom stereocenters. The number of carboxylic acids is 1. The van der Waals surface area contributed by atoms with Crippen molar-refractivity contribution in [3.05, 3.63) is 56.6 Å². The molecule has 0 spiro atoms. The van der Waals surface area contributed by atoms with E-state index < -0.39 is 5.97 Å². The van der Waals surface area contributed by atoms with Gasteiger partial charge >= 0.3 is 5.97 Å². The zero-order valence-corrected chi connectivity index (χ0v) is 13.4. The number of hydrogen-bond donors (Lipinski definition) is 1. The van der Waals surface area contributed by atoms with Crippen LogP contribution in [0.15, 0.2) is 45.5 Å². The van der Waals surface area contributed by atoms with Crippen molar-refractivity contribution in [2.45, 2.75) is 26.7 Å². The van der Waals surface area contributed by atoms with E-state index in [0.29, 0.717) is 13.0 Å². The van der Waals surface area contributed by atoms with Crippen LogP contribution in [-0.2, 0) is 11.2 Å². The largest absolute Gasteiger partial charge is 0.481 e. The molecule has 5 heteroatoms. The van der Waals surface area contributed by atoms with Gasteiger partial charge in [0, 0.05) is 34.7 Å². The fraction of sp³-hybridized carbons (Fsp3) is 0.294. The number of hydrogen-bond acceptors (Lipinski definition) is 4. The molecule has 1 aliphatic heterocycles. The molecule has 1 aromatic carbocycles. The summed E-state index contributed by atoms with van der Waals surface area (Å²) in [5, 5.41) is 9.84. The smallest absolute Gasteiger partial charge is 0.305 e. The van der Waals surface area contributed by atoms with Gasteiger partial charge in [0.1, 0.15) is 0 Å². The van der Waals surface area contributed by atoms with Gasteiger partial charge in [0.15, 0.2) is 5.78 Å². The average molecular weight is 315 g/mol. The standard InChI is InChI=1S/C17H17NO3S/c1-10-11(2)22-17(18(10)8-7-15(19)20)14-9-12-5-3-4-6-13(12)16(14)21/h3-6H,7-9H2,1-2H3,(H,19,20). The van der Waals surface area contributed by atoms with Gasteiger partial charge in [-0.15, -0.1) is 0 Å². The van der Waals surface area contributed by atoms with E-state index in [2.05, 4.69) is 0 Å². The van der Waals surface area contributed by atoms with E-state index in [1.165, 1.54) is 0 Å². The maximum atomic E-state index is 12.6. The normalized spacial score (nSPS) is 20.8. The lowest BCUT2D eigenvalue weighted by atomic mass is 10.1. The monoisotopic (exact) mass is 315 g/mol. The first-order chi connectivity index (χ1) is 10.5. The van der Waals surface area contributed by atoms with Gasteiger partial charge in [-0.25, -0.2) is 0 Å². The van der Waals surface area contributed by atoms with Crippen LogP contribution in [0.3, 0.4) is 0 Å². The summed E-state index contributed by atoms with van der Waals surface area (Å²) >= 11 is 1.58. The van der Waals surface area contributed by atoms with E-state index in [4.69, 9.17) is 5.11 Å². The van der Waals surface area contributed by atoms with Crippen LogP contribution in [-0.4, -0.2) is 28.3 Å². The summed E-state index contributed by atoms with van der Waals surface area (Å²) in [7, 11) is 0. The van der Waals surface area contributed by atoms with Gasteiger partial charge in [0.25, 0.3) is 0 Å². The third-order valence-electron chi connectivity index (χ3n) is 4.12. The predicted octanol–water partition coefficient (Wildman–Crippen LogP) is 3.41. The van der Waals surface area contributed by atoms with Crippen LogP contribution in [0, 0.1) is 0 Å². The molecule has 1 aliphatic carbocycles. The topological polar surface area (TPSA) is 57.6 Å². The summed E-state index contributed by atoms with van der Waals surface area (Å²) in [5.74, 6) is -0.756. The molecule has 0 saturated heterocycles. The molecule has 0 saturated carbocycles. The maximum Gasteiger partial charge on any atom is 0.305 e. The van der Waals surface area contributed by atoms with Crippen LogP contribution in [0.2, 0.25) is 0 Å². The minimum absolute atomic E-state index is 0.0586. The van der Waals surface area contributed by atoms with Crippen LogP contribution >= 0.6 is 11.8 Å². The number of nitrogens with zero attached hydrogens (tertiary/aromatic N) is 1. The second kappa shape index (κ2) is 5.65. The van der Waals surface area contributed by atoms with E-state index in [-0.39, 0.29) is 12.2 Å². The van der Waals surface area contributed by atoms with Crippen molar-refractivity contribution >= 4 is 23.5 Å². The van der Waals surface area contributed by atoms with Gasteiger partial charge in [-0.3, -0.25) is 9.59 Å². The van der Waals surface area contributed by atoms with Gasteiger partial charge in [-0.1, -0.05) is 36.0 Å². The van der Waals surface area contributed by atoms with Crippen molar-refractivity contribution in [1.82, 2.24) is 4.90 Å². The molecular weight excluding hydrogens is 298 g/mol. The van der Waals surface area contributed by atoms with E-state index in [1.807, 2.05) is 43.0 Å². The summed E-state index contributed by atoms with van der Waals surface area (Å²) in [6, 6.07) is 7.66. The molecule has 4 nitrogen and oxygen atoms in total. The molecule has 0 fully saturated rings. The van der Waals surface area contributed by atoms with Crippen LogP contribution in [0.1, 0.15) is 36.2 Å². The van der Waals surface area contributed by atoms with Gasteiger partial charge in [0.2, 0.25) is 0 Å². The Hall–Kier alpha value is -2.01.